The average molecular weight is 474 g/mol. The van der Waals surface area contributed by atoms with E-state index in [-0.39, 0.29) is 5.60 Å². The molecule has 3 heteroatoms. The van der Waals surface area contributed by atoms with Gasteiger partial charge in [0.05, 0.1) is 0 Å². The lowest BCUT2D eigenvalue weighted by molar-refractivity contribution is 0.0706. The van der Waals surface area contributed by atoms with E-state index < -0.39 is 7.12 Å². The molecule has 0 aliphatic carbocycles. The molecule has 36 heavy (non-hydrogen) atoms. The summed E-state index contributed by atoms with van der Waals surface area (Å²) in [5.41, 5.74) is 7.87. The van der Waals surface area contributed by atoms with Gasteiger partial charge in [0.2, 0.25) is 0 Å². The Bertz CT molecular complexity index is 1210. The fraction of sp³-hybridized carbons (Fsp3) is 0.212. The Hall–Kier alpha value is -3.40. The fourth-order valence-electron chi connectivity index (χ4n) is 4.25. The van der Waals surface area contributed by atoms with Crippen molar-refractivity contribution in [3.05, 3.63) is 138 Å². The second kappa shape index (κ2) is 12.0. The third-order valence-electron chi connectivity index (χ3n) is 6.50. The Morgan fingerprint density at radius 3 is 1.33 bits per heavy atom. The molecular formula is C33H35BO2. The van der Waals surface area contributed by atoms with Gasteiger partial charge in [-0.2, -0.15) is 0 Å². The predicted octanol–water partition coefficient (Wildman–Crippen LogP) is 7.63. The zero-order valence-electron chi connectivity index (χ0n) is 21.8. The van der Waals surface area contributed by atoms with E-state index in [1.54, 1.807) is 0 Å². The lowest BCUT2D eigenvalue weighted by Gasteiger charge is -2.28. The smallest absolute Gasteiger partial charge is 0.408 e. The molecule has 0 saturated carbocycles. The lowest BCUT2D eigenvalue weighted by atomic mass is 9.76. The van der Waals surface area contributed by atoms with E-state index in [0.29, 0.717) is 6.61 Å². The first kappa shape index (κ1) is 25.7. The summed E-state index contributed by atoms with van der Waals surface area (Å²) in [6, 6.07) is 40.6. The van der Waals surface area contributed by atoms with Crippen molar-refractivity contribution >= 4 is 23.7 Å². The van der Waals surface area contributed by atoms with Gasteiger partial charge in [0.15, 0.2) is 0 Å². The molecule has 0 saturated heterocycles. The molecule has 0 radical (unpaired) electrons. The van der Waals surface area contributed by atoms with Crippen molar-refractivity contribution in [1.29, 1.82) is 0 Å². The maximum absolute atomic E-state index is 6.35. The van der Waals surface area contributed by atoms with Gasteiger partial charge < -0.3 is 9.31 Å². The van der Waals surface area contributed by atoms with Gasteiger partial charge in [-0.15, -0.1) is 0 Å². The first-order valence-electron chi connectivity index (χ1n) is 12.8. The molecule has 0 aliphatic heterocycles. The molecule has 0 bridgehead atoms. The van der Waals surface area contributed by atoms with E-state index in [4.69, 9.17) is 9.31 Å². The van der Waals surface area contributed by atoms with E-state index in [1.807, 2.05) is 6.92 Å². The molecule has 0 aliphatic rings. The van der Waals surface area contributed by atoms with Crippen molar-refractivity contribution in [3.8, 4) is 0 Å². The van der Waals surface area contributed by atoms with Gasteiger partial charge in [-0.3, -0.25) is 0 Å². The van der Waals surface area contributed by atoms with E-state index in [0.717, 1.165) is 17.4 Å². The zero-order chi connectivity index (χ0) is 25.4. The predicted molar refractivity (Wildman–Crippen MR) is 153 cm³/mol. The Balaban J connectivity index is 1.88. The van der Waals surface area contributed by atoms with Crippen molar-refractivity contribution in [3.63, 3.8) is 0 Å². The first-order valence-corrected chi connectivity index (χ1v) is 12.8. The van der Waals surface area contributed by atoms with Crippen molar-refractivity contribution < 1.29 is 9.31 Å². The van der Waals surface area contributed by atoms with Gasteiger partial charge >= 0.3 is 7.12 Å². The standard InChI is InChI=1S/C33H35BO2/c1-5-33(3,4)36-34(35-6-2)30-24-22-29(23-25-30)32(28-20-14-9-15-21-28)31(26-16-10-7-11-17-26)27-18-12-8-13-19-27/h7-25H,5-6H2,1-4H3. The van der Waals surface area contributed by atoms with Crippen molar-refractivity contribution in [2.75, 3.05) is 6.61 Å². The van der Waals surface area contributed by atoms with Crippen LogP contribution in [0.15, 0.2) is 115 Å². The first-order chi connectivity index (χ1) is 17.5. The van der Waals surface area contributed by atoms with E-state index >= 15 is 0 Å². The van der Waals surface area contributed by atoms with Crippen LogP contribution in [0.4, 0.5) is 0 Å². The molecular weight excluding hydrogens is 439 g/mol. The van der Waals surface area contributed by atoms with Gasteiger partial charge in [-0.1, -0.05) is 122 Å². The number of hydrogen-bond acceptors (Lipinski definition) is 2. The van der Waals surface area contributed by atoms with Crippen LogP contribution in [0, 0.1) is 0 Å². The number of hydrogen-bond donors (Lipinski definition) is 0. The molecule has 4 rings (SSSR count). The van der Waals surface area contributed by atoms with E-state index in [1.165, 1.54) is 27.8 Å². The molecule has 0 spiro atoms. The molecule has 4 aromatic carbocycles. The van der Waals surface area contributed by atoms with Gasteiger partial charge in [0.1, 0.15) is 0 Å². The summed E-state index contributed by atoms with van der Waals surface area (Å²) in [7, 11) is -0.397. The highest BCUT2D eigenvalue weighted by atomic mass is 16.6. The van der Waals surface area contributed by atoms with Crippen LogP contribution in [-0.2, 0) is 9.31 Å². The zero-order valence-corrected chi connectivity index (χ0v) is 21.8. The highest BCUT2D eigenvalue weighted by Gasteiger charge is 2.29. The molecule has 2 nitrogen and oxygen atoms in total. The average Bonchev–Trinajstić information content (AvgIpc) is 2.93. The summed E-state index contributed by atoms with van der Waals surface area (Å²) >= 11 is 0. The molecule has 0 unspecified atom stereocenters. The molecule has 182 valence electrons. The van der Waals surface area contributed by atoms with Crippen LogP contribution in [0.1, 0.15) is 56.4 Å². The maximum Gasteiger partial charge on any atom is 0.494 e. The quantitative estimate of drug-likeness (QED) is 0.174. The molecule has 0 atom stereocenters. The van der Waals surface area contributed by atoms with E-state index in [2.05, 4.69) is 136 Å². The summed E-state index contributed by atoms with van der Waals surface area (Å²) < 4.78 is 12.4. The Labute approximate surface area is 216 Å². The molecule has 0 aromatic heterocycles. The van der Waals surface area contributed by atoms with Crippen LogP contribution >= 0.6 is 0 Å². The third-order valence-corrected chi connectivity index (χ3v) is 6.50. The minimum atomic E-state index is -0.397. The molecule has 0 N–H and O–H groups in total. The van der Waals surface area contributed by atoms with Crippen LogP contribution < -0.4 is 5.46 Å². The molecule has 0 fully saturated rings. The SMILES string of the molecule is CCOB(OC(C)(C)CC)c1ccc(C(=C(c2ccccc2)c2ccccc2)c2ccccc2)cc1. The van der Waals surface area contributed by atoms with Gasteiger partial charge in [0.25, 0.3) is 0 Å². The van der Waals surface area contributed by atoms with Crippen LogP contribution in [0.3, 0.4) is 0 Å². The van der Waals surface area contributed by atoms with Crippen molar-refractivity contribution in [1.82, 2.24) is 0 Å². The van der Waals surface area contributed by atoms with E-state index in [9.17, 15) is 0 Å². The van der Waals surface area contributed by atoms with Gasteiger partial charge in [0, 0.05) is 12.2 Å². The second-order valence-corrected chi connectivity index (χ2v) is 9.49. The van der Waals surface area contributed by atoms with Crippen molar-refractivity contribution in [2.45, 2.75) is 39.7 Å². The third kappa shape index (κ3) is 6.23. The summed E-state index contributed by atoms with van der Waals surface area (Å²) in [6.07, 6.45) is 0.910. The summed E-state index contributed by atoms with van der Waals surface area (Å²) in [6.45, 7) is 8.95. The maximum atomic E-state index is 6.35. The normalized spacial score (nSPS) is 11.2. The van der Waals surface area contributed by atoms with Crippen LogP contribution in [0.5, 0.6) is 0 Å². The largest absolute Gasteiger partial charge is 0.494 e. The fourth-order valence-corrected chi connectivity index (χ4v) is 4.25. The molecule has 4 aromatic rings. The summed E-state index contributed by atoms with van der Waals surface area (Å²) in [4.78, 5) is 0. The topological polar surface area (TPSA) is 18.5 Å². The second-order valence-electron chi connectivity index (χ2n) is 9.49. The highest BCUT2D eigenvalue weighted by Crippen LogP contribution is 2.36. The van der Waals surface area contributed by atoms with Gasteiger partial charge in [-0.25, -0.2) is 0 Å². The summed E-state index contributed by atoms with van der Waals surface area (Å²) in [5, 5.41) is 0. The molecule has 0 heterocycles. The minimum absolute atomic E-state index is 0.263. The Morgan fingerprint density at radius 1 is 0.583 bits per heavy atom. The molecule has 0 amide bonds. The highest BCUT2D eigenvalue weighted by molar-refractivity contribution is 6.61. The van der Waals surface area contributed by atoms with Crippen molar-refractivity contribution in [2.24, 2.45) is 0 Å². The lowest BCUT2D eigenvalue weighted by Crippen LogP contribution is -2.43. The van der Waals surface area contributed by atoms with Crippen LogP contribution in [0.2, 0.25) is 0 Å². The number of rotatable bonds is 10. The van der Waals surface area contributed by atoms with Gasteiger partial charge in [-0.05, 0) is 66.1 Å². The summed E-state index contributed by atoms with van der Waals surface area (Å²) in [5.74, 6) is 0. The van der Waals surface area contributed by atoms with Crippen LogP contribution in [0.25, 0.3) is 11.1 Å². The monoisotopic (exact) mass is 474 g/mol. The Morgan fingerprint density at radius 2 is 0.972 bits per heavy atom. The van der Waals surface area contributed by atoms with Crippen LogP contribution in [-0.4, -0.2) is 19.3 Å². The number of benzene rings is 4. The minimum Gasteiger partial charge on any atom is -0.408 e. The Kier molecular flexibility index (Phi) is 8.59.